The summed E-state index contributed by atoms with van der Waals surface area (Å²) in [6.45, 7) is 6.31. The number of Topliss-reactive ketones (excluding diaryl/α,β-unsaturated/α-hetero) is 1. The van der Waals surface area contributed by atoms with E-state index in [4.69, 9.17) is 4.74 Å². The molecule has 0 aliphatic carbocycles. The second-order valence-electron chi connectivity index (χ2n) is 6.13. The molecule has 1 aromatic heterocycles. The first-order chi connectivity index (χ1) is 12.1. The number of aromatic nitrogens is 2. The highest BCUT2D eigenvalue weighted by atomic mass is 16.5. The molecule has 5 nitrogen and oxygen atoms in total. The summed E-state index contributed by atoms with van der Waals surface area (Å²) < 4.78 is 8.10. The van der Waals surface area contributed by atoms with E-state index < -0.39 is 12.2 Å². The quantitative estimate of drug-likeness (QED) is 0.747. The number of ketones is 1. The van der Waals surface area contributed by atoms with Crippen LogP contribution in [0.4, 0.5) is 0 Å². The van der Waals surface area contributed by atoms with E-state index in [1.165, 1.54) is 0 Å². The summed E-state index contributed by atoms with van der Waals surface area (Å²) in [5.41, 5.74) is 2.65. The predicted molar refractivity (Wildman–Crippen MR) is 94.8 cm³/mol. The Kier molecular flexibility index (Phi) is 3.66. The van der Waals surface area contributed by atoms with Crippen molar-refractivity contribution in [2.75, 3.05) is 0 Å². The molecule has 5 heteroatoms. The number of benzene rings is 2. The van der Waals surface area contributed by atoms with Crippen LogP contribution >= 0.6 is 0 Å². The van der Waals surface area contributed by atoms with Gasteiger partial charge in [-0.15, -0.1) is 6.58 Å². The zero-order valence-electron chi connectivity index (χ0n) is 13.8. The third-order valence-electron chi connectivity index (χ3n) is 4.57. The van der Waals surface area contributed by atoms with Crippen LogP contribution in [0.1, 0.15) is 27.8 Å². The van der Waals surface area contributed by atoms with Gasteiger partial charge >= 0.3 is 0 Å². The number of allylic oxidation sites excluding steroid dienone is 1. The van der Waals surface area contributed by atoms with Crippen molar-refractivity contribution in [3.8, 4) is 5.75 Å². The monoisotopic (exact) mass is 334 g/mol. The lowest BCUT2D eigenvalue weighted by Crippen LogP contribution is -2.36. The molecular formula is C20H18N2O3. The summed E-state index contributed by atoms with van der Waals surface area (Å²) in [6.07, 6.45) is -0.170. The van der Waals surface area contributed by atoms with E-state index in [0.29, 0.717) is 23.4 Å². The van der Waals surface area contributed by atoms with Crippen LogP contribution in [0.25, 0.3) is 11.0 Å². The topological polar surface area (TPSA) is 64.4 Å². The van der Waals surface area contributed by atoms with Crippen LogP contribution in [-0.2, 0) is 6.54 Å². The van der Waals surface area contributed by atoms with Gasteiger partial charge in [0.15, 0.2) is 23.7 Å². The van der Waals surface area contributed by atoms with E-state index in [1.54, 1.807) is 12.1 Å². The fraction of sp³-hybridized carbons (Fsp3) is 0.200. The molecule has 0 unspecified atom stereocenters. The normalized spacial score (nSPS) is 19.5. The maximum absolute atomic E-state index is 12.7. The third-order valence-corrected chi connectivity index (χ3v) is 4.57. The first-order valence-corrected chi connectivity index (χ1v) is 8.16. The highest BCUT2D eigenvalue weighted by molar-refractivity contribution is 6.07. The molecule has 3 aromatic rings. The second-order valence-corrected chi connectivity index (χ2v) is 6.13. The molecule has 0 fully saturated rings. The van der Waals surface area contributed by atoms with Crippen LogP contribution in [0.3, 0.4) is 0 Å². The molecule has 0 saturated heterocycles. The summed E-state index contributed by atoms with van der Waals surface area (Å²) in [5, 5.41) is 10.4. The van der Waals surface area contributed by atoms with Gasteiger partial charge in [0.25, 0.3) is 0 Å². The first kappa shape index (κ1) is 15.6. The number of aliphatic hydroxyl groups excluding tert-OH is 1. The minimum Gasteiger partial charge on any atom is -0.479 e. The largest absolute Gasteiger partial charge is 0.479 e. The van der Waals surface area contributed by atoms with Gasteiger partial charge in [0.2, 0.25) is 0 Å². The van der Waals surface area contributed by atoms with Crippen molar-refractivity contribution in [1.82, 2.24) is 9.55 Å². The summed E-state index contributed by atoms with van der Waals surface area (Å²) in [5.74, 6) is 0.919. The standard InChI is InChI=1S/C20H18N2O3/c1-3-11-22-12(2)21-16-15(22)10-9-14-17(23)18(24)19(25-20(14)16)13-7-5-4-6-8-13/h3-10,18-19,24H,1,11H2,2H3/t18-,19+/m0/s1. The lowest BCUT2D eigenvalue weighted by atomic mass is 9.93. The number of imidazole rings is 1. The Bertz CT molecular complexity index is 976. The Morgan fingerprint density at radius 2 is 2.04 bits per heavy atom. The number of ether oxygens (including phenoxy) is 1. The fourth-order valence-corrected chi connectivity index (χ4v) is 3.34. The molecule has 0 bridgehead atoms. The zero-order valence-corrected chi connectivity index (χ0v) is 13.8. The minimum atomic E-state index is -1.23. The van der Waals surface area contributed by atoms with E-state index >= 15 is 0 Å². The van der Waals surface area contributed by atoms with Gasteiger partial charge in [0, 0.05) is 6.54 Å². The number of hydrogen-bond acceptors (Lipinski definition) is 4. The van der Waals surface area contributed by atoms with Crippen molar-refractivity contribution in [3.05, 3.63) is 72.1 Å². The summed E-state index contributed by atoms with van der Waals surface area (Å²) >= 11 is 0. The fourth-order valence-electron chi connectivity index (χ4n) is 3.34. The van der Waals surface area contributed by atoms with Crippen LogP contribution in [0.2, 0.25) is 0 Å². The molecular weight excluding hydrogens is 316 g/mol. The Balaban J connectivity index is 1.90. The average Bonchev–Trinajstić information content (AvgIpc) is 2.95. The smallest absolute Gasteiger partial charge is 0.199 e. The van der Waals surface area contributed by atoms with Crippen LogP contribution in [0, 0.1) is 6.92 Å². The van der Waals surface area contributed by atoms with Crippen molar-refractivity contribution in [2.45, 2.75) is 25.7 Å². The molecule has 1 aliphatic rings. The number of carbonyl (C=O) groups excluding carboxylic acids is 1. The van der Waals surface area contributed by atoms with Crippen molar-refractivity contribution >= 4 is 16.8 Å². The van der Waals surface area contributed by atoms with Crippen LogP contribution in [0.5, 0.6) is 5.75 Å². The lowest BCUT2D eigenvalue weighted by molar-refractivity contribution is 0.0223. The Hall–Kier alpha value is -2.92. The molecule has 126 valence electrons. The van der Waals surface area contributed by atoms with Crippen LogP contribution < -0.4 is 4.74 Å². The third kappa shape index (κ3) is 2.36. The summed E-state index contributed by atoms with van der Waals surface area (Å²) in [4.78, 5) is 17.3. The van der Waals surface area contributed by atoms with Gasteiger partial charge in [-0.25, -0.2) is 4.98 Å². The molecule has 1 aliphatic heterocycles. The van der Waals surface area contributed by atoms with Gasteiger partial charge in [-0.05, 0) is 24.6 Å². The number of hydrogen-bond donors (Lipinski definition) is 1. The van der Waals surface area contributed by atoms with E-state index in [9.17, 15) is 9.90 Å². The van der Waals surface area contributed by atoms with Crippen molar-refractivity contribution < 1.29 is 14.6 Å². The molecule has 25 heavy (non-hydrogen) atoms. The molecule has 0 radical (unpaired) electrons. The zero-order chi connectivity index (χ0) is 17.6. The number of aryl methyl sites for hydroxylation is 1. The molecule has 2 atom stereocenters. The van der Waals surface area contributed by atoms with Crippen molar-refractivity contribution in [3.63, 3.8) is 0 Å². The molecule has 2 heterocycles. The van der Waals surface area contributed by atoms with E-state index in [2.05, 4.69) is 11.6 Å². The summed E-state index contributed by atoms with van der Waals surface area (Å²) in [7, 11) is 0. The number of aliphatic hydroxyl groups is 1. The van der Waals surface area contributed by atoms with Crippen molar-refractivity contribution in [1.29, 1.82) is 0 Å². The second kappa shape index (κ2) is 5.86. The average molecular weight is 334 g/mol. The van der Waals surface area contributed by atoms with Gasteiger partial charge in [-0.2, -0.15) is 0 Å². The highest BCUT2D eigenvalue weighted by Gasteiger charge is 2.38. The van der Waals surface area contributed by atoms with E-state index in [1.807, 2.05) is 47.9 Å². The maximum Gasteiger partial charge on any atom is 0.199 e. The number of nitrogens with zero attached hydrogens (tertiary/aromatic N) is 2. The maximum atomic E-state index is 12.7. The highest BCUT2D eigenvalue weighted by Crippen LogP contribution is 2.39. The van der Waals surface area contributed by atoms with Gasteiger partial charge in [-0.1, -0.05) is 36.4 Å². The minimum absolute atomic E-state index is 0.340. The number of carbonyl (C=O) groups is 1. The van der Waals surface area contributed by atoms with Gasteiger partial charge in [0.05, 0.1) is 11.1 Å². The molecule has 0 saturated carbocycles. The Morgan fingerprint density at radius 1 is 1.28 bits per heavy atom. The van der Waals surface area contributed by atoms with E-state index in [0.717, 1.165) is 16.9 Å². The SMILES string of the molecule is C=CCn1c(C)nc2c3c(ccc21)C(=O)[C@H](O)[C@@H](c1ccccc1)O3. The predicted octanol–water partition coefficient (Wildman–Crippen LogP) is 3.21. The van der Waals surface area contributed by atoms with Crippen LogP contribution in [0.15, 0.2) is 55.1 Å². The van der Waals surface area contributed by atoms with Crippen molar-refractivity contribution in [2.24, 2.45) is 0 Å². The number of rotatable bonds is 3. The van der Waals surface area contributed by atoms with Gasteiger partial charge in [-0.3, -0.25) is 4.79 Å². The van der Waals surface area contributed by atoms with Crippen LogP contribution in [-0.4, -0.2) is 26.5 Å². The molecule has 0 amide bonds. The summed E-state index contributed by atoms with van der Waals surface area (Å²) in [6, 6.07) is 12.8. The molecule has 4 rings (SSSR count). The first-order valence-electron chi connectivity index (χ1n) is 8.16. The van der Waals surface area contributed by atoms with Gasteiger partial charge < -0.3 is 14.4 Å². The number of fused-ring (bicyclic) bond motifs is 3. The molecule has 1 N–H and O–H groups in total. The Morgan fingerprint density at radius 3 is 2.76 bits per heavy atom. The molecule has 2 aromatic carbocycles. The van der Waals surface area contributed by atoms with Gasteiger partial charge in [0.1, 0.15) is 11.3 Å². The molecule has 0 spiro atoms. The van der Waals surface area contributed by atoms with E-state index in [-0.39, 0.29) is 5.78 Å². The Labute approximate surface area is 145 Å². The lowest BCUT2D eigenvalue weighted by Gasteiger charge is -2.29.